The number of phenols is 1. The number of aromatic hydroxyl groups is 1. The molecular formula is C25H27N3O6S. The molecule has 0 aliphatic carbocycles. The summed E-state index contributed by atoms with van der Waals surface area (Å²) in [5.41, 5.74) is 4.12. The van der Waals surface area contributed by atoms with Gasteiger partial charge in [-0.25, -0.2) is 13.8 Å². The fourth-order valence-electron chi connectivity index (χ4n) is 3.15. The maximum atomic E-state index is 13.4. The molecule has 0 saturated carbocycles. The lowest BCUT2D eigenvalue weighted by atomic mass is 10.2. The van der Waals surface area contributed by atoms with Gasteiger partial charge < -0.3 is 14.6 Å². The number of hydrogen-bond acceptors (Lipinski definition) is 7. The van der Waals surface area contributed by atoms with E-state index in [0.717, 1.165) is 9.87 Å². The molecule has 0 aliphatic heterocycles. The van der Waals surface area contributed by atoms with Gasteiger partial charge in [0.15, 0.2) is 11.5 Å². The standard InChI is InChI=1S/C25H27N3O6S/c1-4-34-21-10-8-20(9-11-21)28(35(31,32)22-12-5-18(2)6-13-22)17-25(30)27-26-16-19-7-14-23(29)24(15-19)33-3/h5-16,29H,4,17H2,1-3H3,(H,27,30)/b26-16-. The Kier molecular flexibility index (Phi) is 8.32. The van der Waals surface area contributed by atoms with Gasteiger partial charge in [0.25, 0.3) is 15.9 Å². The fourth-order valence-corrected chi connectivity index (χ4v) is 4.57. The zero-order valence-electron chi connectivity index (χ0n) is 19.6. The van der Waals surface area contributed by atoms with Crippen LogP contribution in [-0.4, -0.2) is 45.9 Å². The number of nitrogens with zero attached hydrogens (tertiary/aromatic N) is 2. The van der Waals surface area contributed by atoms with Crippen LogP contribution in [0.4, 0.5) is 5.69 Å². The Morgan fingerprint density at radius 3 is 2.40 bits per heavy atom. The fraction of sp³-hybridized carbons (Fsp3) is 0.200. The summed E-state index contributed by atoms with van der Waals surface area (Å²) in [5.74, 6) is 0.172. The number of benzene rings is 3. The molecule has 0 heterocycles. The molecule has 0 aliphatic rings. The van der Waals surface area contributed by atoms with E-state index in [9.17, 15) is 18.3 Å². The monoisotopic (exact) mass is 497 g/mol. The van der Waals surface area contributed by atoms with Gasteiger partial charge in [0.1, 0.15) is 12.3 Å². The summed E-state index contributed by atoms with van der Waals surface area (Å²) in [6.07, 6.45) is 1.36. The van der Waals surface area contributed by atoms with E-state index >= 15 is 0 Å². The number of aryl methyl sites for hydroxylation is 1. The van der Waals surface area contributed by atoms with E-state index in [4.69, 9.17) is 9.47 Å². The van der Waals surface area contributed by atoms with E-state index in [-0.39, 0.29) is 16.4 Å². The molecule has 3 aromatic rings. The van der Waals surface area contributed by atoms with Crippen LogP contribution in [0.25, 0.3) is 0 Å². The second kappa shape index (κ2) is 11.4. The largest absolute Gasteiger partial charge is 0.504 e. The SMILES string of the molecule is CCOc1ccc(N(CC(=O)N/N=C\c2ccc(O)c(OC)c2)S(=O)(=O)c2ccc(C)cc2)cc1. The molecule has 0 radical (unpaired) electrons. The number of carbonyl (C=O) groups is 1. The Bertz CT molecular complexity index is 1290. The summed E-state index contributed by atoms with van der Waals surface area (Å²) in [6, 6.07) is 17.4. The van der Waals surface area contributed by atoms with Crippen molar-refractivity contribution < 1.29 is 27.8 Å². The molecule has 0 aromatic heterocycles. The third-order valence-corrected chi connectivity index (χ3v) is 6.73. The molecular weight excluding hydrogens is 470 g/mol. The number of carbonyl (C=O) groups excluding carboxylic acids is 1. The van der Waals surface area contributed by atoms with E-state index in [2.05, 4.69) is 10.5 Å². The van der Waals surface area contributed by atoms with Crippen molar-refractivity contribution in [3.05, 3.63) is 77.9 Å². The van der Waals surface area contributed by atoms with Gasteiger partial charge in [0.05, 0.1) is 30.5 Å². The number of sulfonamides is 1. The van der Waals surface area contributed by atoms with Gasteiger partial charge in [-0.05, 0) is 74.0 Å². The summed E-state index contributed by atoms with van der Waals surface area (Å²) in [7, 11) is -2.63. The highest BCUT2D eigenvalue weighted by molar-refractivity contribution is 7.92. The summed E-state index contributed by atoms with van der Waals surface area (Å²) >= 11 is 0. The molecule has 9 nitrogen and oxygen atoms in total. The highest BCUT2D eigenvalue weighted by Gasteiger charge is 2.27. The zero-order chi connectivity index (χ0) is 25.4. The number of ether oxygens (including phenoxy) is 2. The summed E-state index contributed by atoms with van der Waals surface area (Å²) in [5, 5.41) is 13.6. The van der Waals surface area contributed by atoms with E-state index in [1.165, 1.54) is 31.5 Å². The molecule has 3 rings (SSSR count). The molecule has 3 aromatic carbocycles. The highest BCUT2D eigenvalue weighted by Crippen LogP contribution is 2.27. The number of rotatable bonds is 10. The molecule has 0 saturated heterocycles. The van der Waals surface area contributed by atoms with Crippen LogP contribution in [-0.2, 0) is 14.8 Å². The van der Waals surface area contributed by atoms with E-state index in [0.29, 0.717) is 23.6 Å². The van der Waals surface area contributed by atoms with Gasteiger partial charge in [0.2, 0.25) is 0 Å². The second-order valence-electron chi connectivity index (χ2n) is 7.48. The minimum atomic E-state index is -4.05. The number of phenolic OH excluding ortho intramolecular Hbond substituents is 1. The van der Waals surface area contributed by atoms with Gasteiger partial charge in [-0.3, -0.25) is 9.10 Å². The normalized spacial score (nSPS) is 11.3. The maximum absolute atomic E-state index is 13.4. The Labute approximate surface area is 204 Å². The number of hydrogen-bond donors (Lipinski definition) is 2. The second-order valence-corrected chi connectivity index (χ2v) is 9.34. The Morgan fingerprint density at radius 2 is 1.77 bits per heavy atom. The van der Waals surface area contributed by atoms with Crippen molar-refractivity contribution in [1.29, 1.82) is 0 Å². The molecule has 0 atom stereocenters. The first kappa shape index (κ1) is 25.6. The minimum absolute atomic E-state index is 0.0269. The predicted octanol–water partition coefficient (Wildman–Crippen LogP) is 3.45. The molecule has 0 fully saturated rings. The van der Waals surface area contributed by atoms with Gasteiger partial charge >= 0.3 is 0 Å². The van der Waals surface area contributed by atoms with Crippen LogP contribution in [0.2, 0.25) is 0 Å². The quantitative estimate of drug-likeness (QED) is 0.327. The first-order chi connectivity index (χ1) is 16.7. The number of hydrazone groups is 1. The van der Waals surface area contributed by atoms with Gasteiger partial charge in [0, 0.05) is 0 Å². The van der Waals surface area contributed by atoms with Crippen molar-refractivity contribution in [2.24, 2.45) is 5.10 Å². The zero-order valence-corrected chi connectivity index (χ0v) is 20.5. The number of amides is 1. The first-order valence-corrected chi connectivity index (χ1v) is 12.2. The van der Waals surface area contributed by atoms with E-state index in [1.54, 1.807) is 48.5 Å². The highest BCUT2D eigenvalue weighted by atomic mass is 32.2. The van der Waals surface area contributed by atoms with Crippen LogP contribution in [0, 0.1) is 6.92 Å². The lowest BCUT2D eigenvalue weighted by molar-refractivity contribution is -0.119. The lowest BCUT2D eigenvalue weighted by Gasteiger charge is -2.24. The molecule has 2 N–H and O–H groups in total. The van der Waals surface area contributed by atoms with Crippen molar-refractivity contribution >= 4 is 27.8 Å². The van der Waals surface area contributed by atoms with E-state index in [1.807, 2.05) is 13.8 Å². The van der Waals surface area contributed by atoms with Gasteiger partial charge in [-0.15, -0.1) is 0 Å². The van der Waals surface area contributed by atoms with Crippen LogP contribution in [0.5, 0.6) is 17.2 Å². The van der Waals surface area contributed by atoms with Crippen molar-refractivity contribution in [2.45, 2.75) is 18.7 Å². The van der Waals surface area contributed by atoms with Crippen LogP contribution < -0.4 is 19.2 Å². The minimum Gasteiger partial charge on any atom is -0.504 e. The average molecular weight is 498 g/mol. The molecule has 0 spiro atoms. The lowest BCUT2D eigenvalue weighted by Crippen LogP contribution is -2.39. The summed E-state index contributed by atoms with van der Waals surface area (Å²) in [6.45, 7) is 3.68. The Balaban J connectivity index is 1.83. The summed E-state index contributed by atoms with van der Waals surface area (Å²) < 4.78 is 38.3. The Hall–Kier alpha value is -4.05. The van der Waals surface area contributed by atoms with Gasteiger partial charge in [-0.2, -0.15) is 5.10 Å². The number of anilines is 1. The number of methoxy groups -OCH3 is 1. The molecule has 0 unspecified atom stereocenters. The molecule has 0 bridgehead atoms. The summed E-state index contributed by atoms with van der Waals surface area (Å²) in [4.78, 5) is 12.7. The van der Waals surface area contributed by atoms with Crippen LogP contribution in [0.1, 0.15) is 18.1 Å². The van der Waals surface area contributed by atoms with Crippen molar-refractivity contribution in [3.63, 3.8) is 0 Å². The van der Waals surface area contributed by atoms with Crippen LogP contribution in [0.15, 0.2) is 76.7 Å². The Morgan fingerprint density at radius 1 is 1.09 bits per heavy atom. The van der Waals surface area contributed by atoms with Crippen LogP contribution in [0.3, 0.4) is 0 Å². The average Bonchev–Trinajstić information content (AvgIpc) is 2.84. The van der Waals surface area contributed by atoms with E-state index < -0.39 is 22.5 Å². The van der Waals surface area contributed by atoms with Crippen molar-refractivity contribution in [1.82, 2.24) is 5.43 Å². The molecule has 35 heavy (non-hydrogen) atoms. The molecule has 10 heteroatoms. The number of nitrogens with one attached hydrogen (secondary N) is 1. The maximum Gasteiger partial charge on any atom is 0.264 e. The third-order valence-electron chi connectivity index (χ3n) is 4.94. The predicted molar refractivity (Wildman–Crippen MR) is 134 cm³/mol. The molecule has 184 valence electrons. The smallest absolute Gasteiger partial charge is 0.264 e. The van der Waals surface area contributed by atoms with Crippen molar-refractivity contribution in [3.8, 4) is 17.2 Å². The molecule has 1 amide bonds. The van der Waals surface area contributed by atoms with Gasteiger partial charge in [-0.1, -0.05) is 17.7 Å². The first-order valence-electron chi connectivity index (χ1n) is 10.8. The topological polar surface area (TPSA) is 118 Å². The van der Waals surface area contributed by atoms with Crippen LogP contribution >= 0.6 is 0 Å². The van der Waals surface area contributed by atoms with Crippen molar-refractivity contribution in [2.75, 3.05) is 24.6 Å². The third kappa shape index (κ3) is 6.51.